The highest BCUT2D eigenvalue weighted by Gasteiger charge is 2.39. The molecule has 136 valence electrons. The van der Waals surface area contributed by atoms with Crippen LogP contribution in [0.25, 0.3) is 5.69 Å². The van der Waals surface area contributed by atoms with E-state index in [9.17, 15) is 13.2 Å². The van der Waals surface area contributed by atoms with E-state index in [0.29, 0.717) is 25.0 Å². The van der Waals surface area contributed by atoms with Crippen LogP contribution in [0.15, 0.2) is 18.2 Å². The van der Waals surface area contributed by atoms with Crippen molar-refractivity contribution in [2.45, 2.75) is 31.5 Å². The van der Waals surface area contributed by atoms with E-state index in [1.165, 1.54) is 16.8 Å². The number of alkyl halides is 3. The lowest BCUT2D eigenvalue weighted by molar-refractivity contribution is -0.274. The molecular formula is C15H13F3N6O2. The molecule has 2 saturated heterocycles. The van der Waals surface area contributed by atoms with Gasteiger partial charge in [-0.2, -0.15) is 9.94 Å². The Morgan fingerprint density at radius 2 is 2.23 bits per heavy atom. The summed E-state index contributed by atoms with van der Waals surface area (Å²) in [5, 5.41) is 20.4. The maximum atomic E-state index is 12.6. The van der Waals surface area contributed by atoms with E-state index in [1.54, 1.807) is 6.07 Å². The van der Waals surface area contributed by atoms with Gasteiger partial charge in [-0.05, 0) is 29.0 Å². The molecule has 8 nitrogen and oxygen atoms in total. The van der Waals surface area contributed by atoms with Gasteiger partial charge in [-0.25, -0.2) is 0 Å². The van der Waals surface area contributed by atoms with Crippen LogP contribution in [0.1, 0.15) is 17.8 Å². The maximum Gasteiger partial charge on any atom is 0.573 e. The van der Waals surface area contributed by atoms with Gasteiger partial charge in [-0.1, -0.05) is 0 Å². The molecule has 11 heteroatoms. The first-order valence-electron chi connectivity index (χ1n) is 7.86. The Hall–Kier alpha value is -2.71. The second-order valence-electron chi connectivity index (χ2n) is 6.12. The standard InChI is InChI=1S/C15H13F3N6O2/c16-15(17,18)26-13-4-10(2-1-9(13)5-19)24-14(20-21-22-24)7-23-6-12-3-11(23)8-25-12/h1-2,4,11-12H,3,6-8H2/t11-,12?/m0/s1. The van der Waals surface area contributed by atoms with Crippen molar-refractivity contribution < 1.29 is 22.6 Å². The molecule has 1 unspecified atom stereocenters. The van der Waals surface area contributed by atoms with Gasteiger partial charge in [0.2, 0.25) is 0 Å². The molecule has 4 rings (SSSR count). The number of likely N-dealkylation sites (tertiary alicyclic amines) is 1. The van der Waals surface area contributed by atoms with E-state index in [2.05, 4.69) is 25.2 Å². The summed E-state index contributed by atoms with van der Waals surface area (Å²) < 4.78 is 48.6. The Bertz CT molecular complexity index is 862. The SMILES string of the molecule is N#Cc1ccc(-n2nnnc2CN2CC3C[C@H]2CO3)cc1OC(F)(F)F. The van der Waals surface area contributed by atoms with Crippen molar-refractivity contribution in [3.05, 3.63) is 29.6 Å². The minimum atomic E-state index is -4.90. The fraction of sp³-hybridized carbons (Fsp3) is 0.467. The maximum absolute atomic E-state index is 12.6. The third-order valence-corrected chi connectivity index (χ3v) is 4.45. The van der Waals surface area contributed by atoms with Crippen molar-refractivity contribution in [2.75, 3.05) is 13.2 Å². The Morgan fingerprint density at radius 3 is 2.88 bits per heavy atom. The summed E-state index contributed by atoms with van der Waals surface area (Å²) in [5.74, 6) is -0.104. The van der Waals surface area contributed by atoms with Crippen molar-refractivity contribution in [1.82, 2.24) is 25.1 Å². The molecule has 0 saturated carbocycles. The summed E-state index contributed by atoms with van der Waals surface area (Å²) in [6.07, 6.45) is -3.73. The van der Waals surface area contributed by atoms with Crippen LogP contribution >= 0.6 is 0 Å². The monoisotopic (exact) mass is 366 g/mol. The third kappa shape index (κ3) is 3.21. The van der Waals surface area contributed by atoms with E-state index in [4.69, 9.17) is 10.00 Å². The van der Waals surface area contributed by atoms with Gasteiger partial charge in [-0.3, -0.25) is 4.90 Å². The van der Waals surface area contributed by atoms with Crippen LogP contribution in [0, 0.1) is 11.3 Å². The van der Waals surface area contributed by atoms with Crippen LogP contribution in [-0.4, -0.2) is 56.8 Å². The van der Waals surface area contributed by atoms with Gasteiger partial charge in [0.25, 0.3) is 0 Å². The second kappa shape index (κ2) is 6.22. The number of hydrogen-bond donors (Lipinski definition) is 0. The minimum absolute atomic E-state index is 0.214. The predicted octanol–water partition coefficient (Wildman–Crippen LogP) is 1.41. The summed E-state index contributed by atoms with van der Waals surface area (Å²) in [5.41, 5.74) is 0.0542. The Morgan fingerprint density at radius 1 is 1.38 bits per heavy atom. The lowest BCUT2D eigenvalue weighted by Gasteiger charge is -2.25. The van der Waals surface area contributed by atoms with E-state index in [1.807, 2.05) is 0 Å². The number of hydrogen-bond acceptors (Lipinski definition) is 7. The lowest BCUT2D eigenvalue weighted by Crippen LogP contribution is -2.37. The van der Waals surface area contributed by atoms with Crippen LogP contribution in [-0.2, 0) is 11.3 Å². The summed E-state index contributed by atoms with van der Waals surface area (Å²) in [4.78, 5) is 2.19. The minimum Gasteiger partial charge on any atom is -0.404 e. The highest BCUT2D eigenvalue weighted by atomic mass is 19.4. The molecule has 1 aromatic heterocycles. The van der Waals surface area contributed by atoms with E-state index in [-0.39, 0.29) is 17.4 Å². The van der Waals surface area contributed by atoms with Crippen molar-refractivity contribution in [2.24, 2.45) is 0 Å². The van der Waals surface area contributed by atoms with E-state index in [0.717, 1.165) is 19.0 Å². The molecule has 2 aliphatic heterocycles. The van der Waals surface area contributed by atoms with Crippen LogP contribution in [0.2, 0.25) is 0 Å². The van der Waals surface area contributed by atoms with Gasteiger partial charge in [0.05, 0.1) is 30.5 Å². The van der Waals surface area contributed by atoms with Crippen LogP contribution in [0.4, 0.5) is 13.2 Å². The van der Waals surface area contributed by atoms with Crippen molar-refractivity contribution in [3.63, 3.8) is 0 Å². The van der Waals surface area contributed by atoms with Crippen LogP contribution in [0.5, 0.6) is 5.75 Å². The molecule has 1 aromatic carbocycles. The molecule has 0 N–H and O–H groups in total. The number of ether oxygens (including phenoxy) is 2. The smallest absolute Gasteiger partial charge is 0.404 e. The molecule has 0 aliphatic carbocycles. The van der Waals surface area contributed by atoms with Gasteiger partial charge >= 0.3 is 6.36 Å². The highest BCUT2D eigenvalue weighted by molar-refractivity contribution is 5.50. The molecule has 2 atom stereocenters. The molecule has 2 aromatic rings. The second-order valence-corrected chi connectivity index (χ2v) is 6.12. The fourth-order valence-corrected chi connectivity index (χ4v) is 3.30. The fourth-order valence-electron chi connectivity index (χ4n) is 3.30. The zero-order valence-corrected chi connectivity index (χ0v) is 13.3. The number of nitrogens with zero attached hydrogens (tertiary/aromatic N) is 6. The average Bonchev–Trinajstić information content (AvgIpc) is 3.30. The summed E-state index contributed by atoms with van der Waals surface area (Å²) in [6, 6.07) is 5.79. The van der Waals surface area contributed by atoms with Crippen molar-refractivity contribution in [3.8, 4) is 17.5 Å². The molecule has 26 heavy (non-hydrogen) atoms. The third-order valence-electron chi connectivity index (χ3n) is 4.45. The van der Waals surface area contributed by atoms with Gasteiger partial charge in [0.1, 0.15) is 11.8 Å². The number of halogens is 3. The average molecular weight is 366 g/mol. The zero-order valence-electron chi connectivity index (χ0n) is 13.3. The van der Waals surface area contributed by atoms with E-state index < -0.39 is 12.1 Å². The Labute approximate surface area is 145 Å². The lowest BCUT2D eigenvalue weighted by atomic mass is 10.2. The number of rotatable bonds is 4. The van der Waals surface area contributed by atoms with Gasteiger partial charge < -0.3 is 9.47 Å². The Balaban J connectivity index is 1.61. The topological polar surface area (TPSA) is 89.1 Å². The first-order chi connectivity index (χ1) is 12.4. The summed E-state index contributed by atoms with van der Waals surface area (Å²) in [7, 11) is 0. The highest BCUT2D eigenvalue weighted by Crippen LogP contribution is 2.30. The molecule has 2 bridgehead atoms. The molecule has 2 aliphatic rings. The molecular weight excluding hydrogens is 353 g/mol. The summed E-state index contributed by atoms with van der Waals surface area (Å²) >= 11 is 0. The number of fused-ring (bicyclic) bond motifs is 2. The number of nitriles is 1. The number of benzene rings is 1. The van der Waals surface area contributed by atoms with Crippen molar-refractivity contribution in [1.29, 1.82) is 5.26 Å². The largest absolute Gasteiger partial charge is 0.573 e. The quantitative estimate of drug-likeness (QED) is 0.808. The molecule has 0 amide bonds. The normalized spacial score (nSPS) is 22.5. The number of morpholine rings is 1. The number of aromatic nitrogens is 4. The van der Waals surface area contributed by atoms with Gasteiger partial charge in [0.15, 0.2) is 5.82 Å². The zero-order chi connectivity index (χ0) is 18.3. The predicted molar refractivity (Wildman–Crippen MR) is 79.1 cm³/mol. The first-order valence-corrected chi connectivity index (χ1v) is 7.86. The van der Waals surface area contributed by atoms with E-state index >= 15 is 0 Å². The molecule has 2 fully saturated rings. The Kier molecular flexibility index (Phi) is 4.01. The van der Waals surface area contributed by atoms with Gasteiger partial charge in [-0.15, -0.1) is 18.3 Å². The summed E-state index contributed by atoms with van der Waals surface area (Å²) in [6.45, 7) is 1.88. The molecule has 0 radical (unpaired) electrons. The van der Waals surface area contributed by atoms with Crippen LogP contribution < -0.4 is 4.74 Å². The van der Waals surface area contributed by atoms with Crippen LogP contribution in [0.3, 0.4) is 0 Å². The first kappa shape index (κ1) is 16.7. The molecule has 3 heterocycles. The molecule has 0 spiro atoms. The number of tetrazole rings is 1. The van der Waals surface area contributed by atoms with Gasteiger partial charge in [0, 0.05) is 18.7 Å². The van der Waals surface area contributed by atoms with Crippen molar-refractivity contribution >= 4 is 0 Å².